The van der Waals surface area contributed by atoms with Crippen LogP contribution in [0.1, 0.15) is 5.56 Å². The molecule has 2 aromatic carbocycles. The lowest BCUT2D eigenvalue weighted by Gasteiger charge is -2.05. The molecule has 0 saturated carbocycles. The van der Waals surface area contributed by atoms with E-state index >= 15 is 0 Å². The Morgan fingerprint density at radius 2 is 1.86 bits per heavy atom. The van der Waals surface area contributed by atoms with E-state index < -0.39 is 0 Å². The molecule has 0 radical (unpaired) electrons. The molecule has 106 valence electrons. The van der Waals surface area contributed by atoms with E-state index in [4.69, 9.17) is 0 Å². The largest absolute Gasteiger partial charge is 0.340 e. The lowest BCUT2D eigenvalue weighted by Crippen LogP contribution is -2.11. The molecule has 3 aromatic rings. The highest BCUT2D eigenvalue weighted by atomic mass is 79.9. The third-order valence-corrected chi connectivity index (χ3v) is 3.89. The van der Waals surface area contributed by atoms with E-state index in [0.717, 1.165) is 20.9 Å². The maximum absolute atomic E-state index is 12.8. The quantitative estimate of drug-likeness (QED) is 0.688. The molecule has 0 aliphatic carbocycles. The number of benzene rings is 2. The van der Waals surface area contributed by atoms with Gasteiger partial charge in [0.15, 0.2) is 5.78 Å². The van der Waals surface area contributed by atoms with Gasteiger partial charge in [-0.15, -0.1) is 0 Å². The fourth-order valence-corrected chi connectivity index (χ4v) is 2.76. The Hall–Kier alpha value is -1.94. The molecular formula is C17H13BrFNO. The Morgan fingerprint density at radius 3 is 2.62 bits per heavy atom. The summed E-state index contributed by atoms with van der Waals surface area (Å²) in [5.74, 6) is -0.185. The number of aromatic nitrogens is 1. The molecule has 0 atom stereocenters. The Labute approximate surface area is 130 Å². The molecule has 4 heteroatoms. The summed E-state index contributed by atoms with van der Waals surface area (Å²) in [6, 6.07) is 14.0. The van der Waals surface area contributed by atoms with E-state index in [0.29, 0.717) is 13.0 Å². The van der Waals surface area contributed by atoms with Crippen LogP contribution in [-0.4, -0.2) is 10.4 Å². The van der Waals surface area contributed by atoms with Crippen LogP contribution in [0.15, 0.2) is 59.2 Å². The predicted molar refractivity (Wildman–Crippen MR) is 84.7 cm³/mol. The summed E-state index contributed by atoms with van der Waals surface area (Å²) in [6.07, 6.45) is 2.23. The van der Waals surface area contributed by atoms with Crippen molar-refractivity contribution in [2.45, 2.75) is 13.0 Å². The molecule has 0 aliphatic heterocycles. The number of Topliss-reactive ketones (excluding diaryl/α,β-unsaturated/α-hetero) is 1. The molecule has 3 rings (SSSR count). The zero-order valence-corrected chi connectivity index (χ0v) is 12.8. The molecular weight excluding hydrogens is 333 g/mol. The smallest absolute Gasteiger partial charge is 0.156 e. The van der Waals surface area contributed by atoms with Crippen LogP contribution in [0.3, 0.4) is 0 Å². The van der Waals surface area contributed by atoms with Crippen molar-refractivity contribution < 1.29 is 9.18 Å². The maximum atomic E-state index is 12.8. The third kappa shape index (κ3) is 3.22. The second-order valence-electron chi connectivity index (χ2n) is 4.99. The van der Waals surface area contributed by atoms with Crippen molar-refractivity contribution in [3.8, 4) is 0 Å². The minimum Gasteiger partial charge on any atom is -0.340 e. The molecule has 0 N–H and O–H groups in total. The van der Waals surface area contributed by atoms with Crippen LogP contribution >= 0.6 is 15.9 Å². The highest BCUT2D eigenvalue weighted by molar-refractivity contribution is 9.10. The minimum atomic E-state index is -0.284. The summed E-state index contributed by atoms with van der Waals surface area (Å²) in [5.41, 5.74) is 1.87. The summed E-state index contributed by atoms with van der Waals surface area (Å²) in [6.45, 7) is 0.322. The first-order valence-electron chi connectivity index (χ1n) is 6.62. The molecule has 0 spiro atoms. The van der Waals surface area contributed by atoms with Crippen LogP contribution in [0.5, 0.6) is 0 Å². The van der Waals surface area contributed by atoms with Gasteiger partial charge in [-0.1, -0.05) is 28.1 Å². The number of fused-ring (bicyclic) bond motifs is 1. The van der Waals surface area contributed by atoms with E-state index in [2.05, 4.69) is 15.9 Å². The molecule has 0 fully saturated rings. The van der Waals surface area contributed by atoms with Crippen LogP contribution in [0.4, 0.5) is 4.39 Å². The average molecular weight is 346 g/mol. The van der Waals surface area contributed by atoms with Gasteiger partial charge < -0.3 is 4.57 Å². The minimum absolute atomic E-state index is 0.0991. The topological polar surface area (TPSA) is 22.0 Å². The maximum Gasteiger partial charge on any atom is 0.156 e. The van der Waals surface area contributed by atoms with Gasteiger partial charge in [0.1, 0.15) is 5.82 Å². The summed E-state index contributed by atoms with van der Waals surface area (Å²) < 4.78 is 15.8. The summed E-state index contributed by atoms with van der Waals surface area (Å²) in [5, 5.41) is 1.10. The summed E-state index contributed by atoms with van der Waals surface area (Å²) in [4.78, 5) is 12.2. The fraction of sp³-hybridized carbons (Fsp3) is 0.118. The van der Waals surface area contributed by atoms with Gasteiger partial charge in [-0.3, -0.25) is 4.79 Å². The second kappa shape index (κ2) is 5.82. The third-order valence-electron chi connectivity index (χ3n) is 3.39. The number of carbonyl (C=O) groups is 1. The van der Waals surface area contributed by atoms with Crippen LogP contribution in [0.25, 0.3) is 10.9 Å². The standard InChI is InChI=1S/C17H13BrFNO/c18-14-3-6-17-13(10-14)7-8-20(17)11-16(21)9-12-1-4-15(19)5-2-12/h1-8,10H,9,11H2. The van der Waals surface area contributed by atoms with Crippen molar-refractivity contribution in [2.75, 3.05) is 0 Å². The summed E-state index contributed by atoms with van der Waals surface area (Å²) in [7, 11) is 0. The van der Waals surface area contributed by atoms with Crippen LogP contribution in [-0.2, 0) is 17.8 Å². The van der Waals surface area contributed by atoms with Crippen LogP contribution in [0, 0.1) is 5.82 Å². The van der Waals surface area contributed by atoms with Gasteiger partial charge in [0.05, 0.1) is 6.54 Å². The molecule has 0 unspecified atom stereocenters. The highest BCUT2D eigenvalue weighted by Crippen LogP contribution is 2.21. The van der Waals surface area contributed by atoms with Gasteiger partial charge in [0, 0.05) is 28.0 Å². The fourth-order valence-electron chi connectivity index (χ4n) is 2.38. The molecule has 2 nitrogen and oxygen atoms in total. The number of rotatable bonds is 4. The molecule has 0 saturated heterocycles. The molecule has 1 heterocycles. The van der Waals surface area contributed by atoms with E-state index in [-0.39, 0.29) is 11.6 Å². The number of carbonyl (C=O) groups excluding carboxylic acids is 1. The zero-order valence-electron chi connectivity index (χ0n) is 11.2. The molecule has 0 aliphatic rings. The first-order chi connectivity index (χ1) is 10.1. The molecule has 0 amide bonds. The molecule has 1 aromatic heterocycles. The number of nitrogens with zero attached hydrogens (tertiary/aromatic N) is 1. The van der Waals surface area contributed by atoms with Crippen molar-refractivity contribution in [3.05, 3.63) is 70.6 Å². The molecule has 0 bridgehead atoms. The number of ketones is 1. The van der Waals surface area contributed by atoms with Gasteiger partial charge in [0.2, 0.25) is 0 Å². The first kappa shape index (κ1) is 14.0. The van der Waals surface area contributed by atoms with Crippen molar-refractivity contribution >= 4 is 32.6 Å². The van der Waals surface area contributed by atoms with Gasteiger partial charge in [0.25, 0.3) is 0 Å². The highest BCUT2D eigenvalue weighted by Gasteiger charge is 2.08. The van der Waals surface area contributed by atoms with Gasteiger partial charge in [-0.2, -0.15) is 0 Å². The van der Waals surface area contributed by atoms with Crippen molar-refractivity contribution in [1.29, 1.82) is 0 Å². The normalized spacial score (nSPS) is 11.0. The van der Waals surface area contributed by atoms with Gasteiger partial charge in [-0.25, -0.2) is 4.39 Å². The average Bonchev–Trinajstić information content (AvgIpc) is 2.83. The monoisotopic (exact) mass is 345 g/mol. The van der Waals surface area contributed by atoms with Crippen LogP contribution < -0.4 is 0 Å². The Balaban J connectivity index is 1.75. The van der Waals surface area contributed by atoms with E-state index in [9.17, 15) is 9.18 Å². The Bertz CT molecular complexity index is 792. The SMILES string of the molecule is O=C(Cc1ccc(F)cc1)Cn1ccc2cc(Br)ccc21. The lowest BCUT2D eigenvalue weighted by atomic mass is 10.1. The van der Waals surface area contributed by atoms with E-state index in [1.807, 2.05) is 35.0 Å². The molecule has 21 heavy (non-hydrogen) atoms. The van der Waals surface area contributed by atoms with Gasteiger partial charge >= 0.3 is 0 Å². The van der Waals surface area contributed by atoms with Crippen LogP contribution in [0.2, 0.25) is 0 Å². The van der Waals surface area contributed by atoms with Crippen molar-refractivity contribution in [1.82, 2.24) is 4.57 Å². The Kier molecular flexibility index (Phi) is 3.88. The number of hydrogen-bond acceptors (Lipinski definition) is 1. The predicted octanol–water partition coefficient (Wildman–Crippen LogP) is 4.35. The van der Waals surface area contributed by atoms with E-state index in [1.54, 1.807) is 12.1 Å². The first-order valence-corrected chi connectivity index (χ1v) is 7.42. The summed E-state index contributed by atoms with van der Waals surface area (Å²) >= 11 is 3.44. The Morgan fingerprint density at radius 1 is 1.10 bits per heavy atom. The lowest BCUT2D eigenvalue weighted by molar-refractivity contribution is -0.118. The number of hydrogen-bond donors (Lipinski definition) is 0. The van der Waals surface area contributed by atoms with Crippen molar-refractivity contribution in [2.24, 2.45) is 0 Å². The second-order valence-corrected chi connectivity index (χ2v) is 5.90. The van der Waals surface area contributed by atoms with Gasteiger partial charge in [-0.05, 0) is 42.0 Å². The zero-order chi connectivity index (χ0) is 14.8. The van der Waals surface area contributed by atoms with E-state index in [1.165, 1.54) is 12.1 Å². The number of halogens is 2. The van der Waals surface area contributed by atoms with Crippen molar-refractivity contribution in [3.63, 3.8) is 0 Å².